The molecule has 1 heterocycles. The first-order valence-electron chi connectivity index (χ1n) is 14.8. The van der Waals surface area contributed by atoms with Crippen molar-refractivity contribution in [3.8, 4) is 16.9 Å². The summed E-state index contributed by atoms with van der Waals surface area (Å²) in [6, 6.07) is 21.4. The number of unbranched alkanes of at least 4 members (excludes halogenated alkanes) is 1. The standard InChI is InChI=1S/C35H41N3O4S/c1-5-7-18-41-19-20-42-32-13-9-29(10-14-32)30-22-26(3)21-28(23-30)8-17-35(39)37-31-11-15-33(16-12-31)43(40)24-34-27(4)36-25-38(34)6-2/h8-17,21-23,25H,5-7,18-20,24H2,1-4H3,(H,37,39)/b17-8+/t43-/m0/s1. The second-order valence-corrected chi connectivity index (χ2v) is 11.8. The third-order valence-electron chi connectivity index (χ3n) is 7.00. The Bertz CT molecular complexity index is 1500. The lowest BCUT2D eigenvalue weighted by Gasteiger charge is -2.13. The van der Waals surface area contributed by atoms with Crippen LogP contribution in [0.25, 0.3) is 17.2 Å². The van der Waals surface area contributed by atoms with Gasteiger partial charge in [0, 0.05) is 24.9 Å². The zero-order valence-corrected chi connectivity index (χ0v) is 26.3. The number of amides is 1. The van der Waals surface area contributed by atoms with E-state index in [1.54, 1.807) is 30.6 Å². The zero-order valence-electron chi connectivity index (χ0n) is 25.5. The molecule has 226 valence electrons. The van der Waals surface area contributed by atoms with Crippen molar-refractivity contribution < 1.29 is 18.8 Å². The summed E-state index contributed by atoms with van der Waals surface area (Å²) in [5, 5.41) is 2.89. The van der Waals surface area contributed by atoms with Gasteiger partial charge in [-0.05, 0) is 109 Å². The molecular weight excluding hydrogens is 558 g/mol. The van der Waals surface area contributed by atoms with E-state index in [1.807, 2.05) is 61.7 Å². The highest BCUT2D eigenvalue weighted by Gasteiger charge is 2.17. The van der Waals surface area contributed by atoms with E-state index in [0.717, 1.165) is 65.4 Å². The number of ether oxygens (including phenoxy) is 2. The van der Waals surface area contributed by atoms with Crippen LogP contribution in [0.1, 0.15) is 49.2 Å². The van der Waals surface area contributed by atoms with Gasteiger partial charge in [-0.2, -0.15) is 0 Å². The summed E-state index contributed by atoms with van der Waals surface area (Å²) < 4.78 is 26.3. The minimum Gasteiger partial charge on any atom is -0.611 e. The number of anilines is 1. The molecule has 0 aliphatic rings. The molecule has 0 fully saturated rings. The minimum atomic E-state index is -1.21. The van der Waals surface area contributed by atoms with Gasteiger partial charge in [0.2, 0.25) is 5.91 Å². The Labute approximate surface area is 258 Å². The smallest absolute Gasteiger partial charge is 0.248 e. The average molecular weight is 600 g/mol. The number of rotatable bonds is 15. The molecule has 1 aromatic heterocycles. The maximum atomic E-state index is 12.9. The van der Waals surface area contributed by atoms with E-state index in [-0.39, 0.29) is 5.91 Å². The van der Waals surface area contributed by atoms with Crippen LogP contribution < -0.4 is 10.1 Å². The highest BCUT2D eigenvalue weighted by Crippen LogP contribution is 2.26. The Hall–Kier alpha value is -3.85. The zero-order chi connectivity index (χ0) is 30.6. The molecule has 3 aromatic carbocycles. The van der Waals surface area contributed by atoms with Crippen LogP contribution in [0.4, 0.5) is 5.69 Å². The molecule has 43 heavy (non-hydrogen) atoms. The molecule has 0 saturated heterocycles. The molecule has 0 aliphatic heterocycles. The highest BCUT2D eigenvalue weighted by molar-refractivity contribution is 7.90. The summed E-state index contributed by atoms with van der Waals surface area (Å²) in [7, 11) is 0. The first-order valence-corrected chi connectivity index (χ1v) is 16.1. The molecule has 0 spiro atoms. The van der Waals surface area contributed by atoms with Gasteiger partial charge in [0.15, 0.2) is 10.6 Å². The Kier molecular flexibility index (Phi) is 12.0. The Balaban J connectivity index is 1.31. The fourth-order valence-corrected chi connectivity index (χ4v) is 5.84. The SMILES string of the molecule is CCCCOCCOc1ccc(-c2cc(C)cc(/C=C/C(=O)Nc3ccc([S@@+]([O-])Cc4c(C)ncn4CC)cc3)c2)cc1. The minimum absolute atomic E-state index is 0.237. The summed E-state index contributed by atoms with van der Waals surface area (Å²) in [5.74, 6) is 0.976. The monoisotopic (exact) mass is 599 g/mol. The Morgan fingerprint density at radius 1 is 0.977 bits per heavy atom. The van der Waals surface area contributed by atoms with Crippen LogP contribution in [0.2, 0.25) is 0 Å². The summed E-state index contributed by atoms with van der Waals surface area (Å²) in [6.07, 6.45) is 7.31. The van der Waals surface area contributed by atoms with Crippen LogP contribution in [0.3, 0.4) is 0 Å². The van der Waals surface area contributed by atoms with Crippen molar-refractivity contribution >= 4 is 28.8 Å². The number of nitrogens with zero attached hydrogens (tertiary/aromatic N) is 2. The molecule has 0 bridgehead atoms. The van der Waals surface area contributed by atoms with Gasteiger partial charge in [-0.25, -0.2) is 4.98 Å². The number of carbonyl (C=O) groups is 1. The maximum Gasteiger partial charge on any atom is 0.248 e. The molecule has 4 rings (SSSR count). The summed E-state index contributed by atoms with van der Waals surface area (Å²) >= 11 is -1.21. The van der Waals surface area contributed by atoms with E-state index in [4.69, 9.17) is 9.47 Å². The summed E-state index contributed by atoms with van der Waals surface area (Å²) in [6.45, 7) is 10.8. The number of hydrogen-bond donors (Lipinski definition) is 1. The van der Waals surface area contributed by atoms with Gasteiger partial charge in [-0.3, -0.25) is 4.79 Å². The van der Waals surface area contributed by atoms with Crippen LogP contribution >= 0.6 is 0 Å². The molecular formula is C35H41N3O4S. The second kappa shape index (κ2) is 16.1. The number of carbonyl (C=O) groups excluding carboxylic acids is 1. The fraction of sp³-hybridized carbons (Fsp3) is 0.314. The molecule has 7 nitrogen and oxygen atoms in total. The van der Waals surface area contributed by atoms with Crippen molar-refractivity contribution in [2.75, 3.05) is 25.1 Å². The lowest BCUT2D eigenvalue weighted by atomic mass is 10.00. The van der Waals surface area contributed by atoms with Gasteiger partial charge in [0.25, 0.3) is 0 Å². The molecule has 1 atom stereocenters. The van der Waals surface area contributed by atoms with E-state index in [2.05, 4.69) is 29.4 Å². The Morgan fingerprint density at radius 2 is 1.74 bits per heavy atom. The number of aryl methyl sites for hydroxylation is 3. The molecule has 1 N–H and O–H groups in total. The third kappa shape index (κ3) is 9.58. The fourth-order valence-electron chi connectivity index (χ4n) is 4.61. The van der Waals surface area contributed by atoms with Crippen molar-refractivity contribution in [1.29, 1.82) is 0 Å². The molecule has 8 heteroatoms. The largest absolute Gasteiger partial charge is 0.611 e. The van der Waals surface area contributed by atoms with Gasteiger partial charge in [-0.15, -0.1) is 0 Å². The van der Waals surface area contributed by atoms with E-state index in [0.29, 0.717) is 29.5 Å². The number of imidazole rings is 1. The Morgan fingerprint density at radius 3 is 2.47 bits per heavy atom. The third-order valence-corrected chi connectivity index (χ3v) is 8.34. The summed E-state index contributed by atoms with van der Waals surface area (Å²) in [4.78, 5) is 17.7. The van der Waals surface area contributed by atoms with E-state index in [1.165, 1.54) is 6.08 Å². The lowest BCUT2D eigenvalue weighted by molar-refractivity contribution is -0.111. The van der Waals surface area contributed by atoms with Crippen molar-refractivity contribution in [3.05, 3.63) is 102 Å². The van der Waals surface area contributed by atoms with Crippen molar-refractivity contribution in [3.63, 3.8) is 0 Å². The molecule has 4 aromatic rings. The van der Waals surface area contributed by atoms with Crippen LogP contribution in [-0.4, -0.2) is 39.8 Å². The first kappa shape index (κ1) is 32.1. The van der Waals surface area contributed by atoms with Gasteiger partial charge in [0.1, 0.15) is 12.4 Å². The molecule has 0 unspecified atom stereocenters. The highest BCUT2D eigenvalue weighted by atomic mass is 32.2. The van der Waals surface area contributed by atoms with Gasteiger partial charge < -0.3 is 23.9 Å². The van der Waals surface area contributed by atoms with Gasteiger partial charge in [0.05, 0.1) is 24.3 Å². The second-order valence-electron chi connectivity index (χ2n) is 10.4. The van der Waals surface area contributed by atoms with Crippen molar-refractivity contribution in [2.45, 2.75) is 57.7 Å². The number of hydrogen-bond acceptors (Lipinski definition) is 5. The first-order chi connectivity index (χ1) is 20.9. The normalized spacial score (nSPS) is 12.0. The van der Waals surface area contributed by atoms with Crippen molar-refractivity contribution in [1.82, 2.24) is 9.55 Å². The topological polar surface area (TPSA) is 88.4 Å². The van der Waals surface area contributed by atoms with Crippen LogP contribution in [0, 0.1) is 13.8 Å². The van der Waals surface area contributed by atoms with E-state index < -0.39 is 11.2 Å². The van der Waals surface area contributed by atoms with Crippen LogP contribution in [0.5, 0.6) is 5.75 Å². The summed E-state index contributed by atoms with van der Waals surface area (Å²) in [5.41, 5.74) is 6.69. The maximum absolute atomic E-state index is 12.9. The predicted octanol–water partition coefficient (Wildman–Crippen LogP) is 7.34. The van der Waals surface area contributed by atoms with Gasteiger partial charge in [-0.1, -0.05) is 37.6 Å². The number of benzene rings is 3. The van der Waals surface area contributed by atoms with E-state index >= 15 is 0 Å². The van der Waals surface area contributed by atoms with Crippen LogP contribution in [0.15, 0.2) is 84.0 Å². The molecule has 1 amide bonds. The van der Waals surface area contributed by atoms with Gasteiger partial charge >= 0.3 is 0 Å². The van der Waals surface area contributed by atoms with Crippen molar-refractivity contribution in [2.24, 2.45) is 0 Å². The quantitative estimate of drug-likeness (QED) is 0.0877. The lowest BCUT2D eigenvalue weighted by Crippen LogP contribution is -2.11. The molecule has 0 saturated carbocycles. The van der Waals surface area contributed by atoms with E-state index in [9.17, 15) is 9.35 Å². The van der Waals surface area contributed by atoms with Crippen LogP contribution in [-0.2, 0) is 33.0 Å². The number of aromatic nitrogens is 2. The molecule has 0 aliphatic carbocycles. The average Bonchev–Trinajstić information content (AvgIpc) is 3.36. The predicted molar refractivity (Wildman–Crippen MR) is 175 cm³/mol. The number of nitrogens with one attached hydrogen (secondary N) is 1. The molecule has 0 radical (unpaired) electrons.